The second-order valence-corrected chi connectivity index (χ2v) is 5.06. The first-order valence-corrected chi connectivity index (χ1v) is 7.49. The van der Waals surface area contributed by atoms with Crippen molar-refractivity contribution < 1.29 is 14.4 Å². The quantitative estimate of drug-likeness (QED) is 0.500. The molecule has 1 heterocycles. The van der Waals surface area contributed by atoms with Crippen LogP contribution >= 0.6 is 0 Å². The number of carbonyl (C=O) groups excluding carboxylic acids is 3. The Morgan fingerprint density at radius 1 is 1.10 bits per heavy atom. The molecule has 6 nitrogen and oxygen atoms in total. The minimum absolute atomic E-state index is 0.185. The molecule has 1 aliphatic heterocycles. The van der Waals surface area contributed by atoms with Gasteiger partial charge in [-0.25, -0.2) is 0 Å². The van der Waals surface area contributed by atoms with E-state index in [1.807, 2.05) is 0 Å². The lowest BCUT2D eigenvalue weighted by Crippen LogP contribution is -2.41. The highest BCUT2D eigenvalue weighted by Crippen LogP contribution is 2.09. The van der Waals surface area contributed by atoms with Gasteiger partial charge in [-0.3, -0.25) is 14.4 Å². The fourth-order valence-electron chi connectivity index (χ4n) is 2.15. The van der Waals surface area contributed by atoms with E-state index in [2.05, 4.69) is 17.6 Å². The molecule has 1 fully saturated rings. The van der Waals surface area contributed by atoms with Crippen LogP contribution < -0.4 is 10.6 Å². The third-order valence-electron chi connectivity index (χ3n) is 3.33. The number of nitrogens with one attached hydrogen (secondary N) is 2. The van der Waals surface area contributed by atoms with E-state index in [-0.39, 0.29) is 5.91 Å². The van der Waals surface area contributed by atoms with Crippen LogP contribution in [0.3, 0.4) is 0 Å². The maximum Gasteiger partial charge on any atom is 0.309 e. The Hall–Kier alpha value is -1.59. The maximum absolute atomic E-state index is 11.5. The van der Waals surface area contributed by atoms with Gasteiger partial charge in [0.1, 0.15) is 0 Å². The van der Waals surface area contributed by atoms with Gasteiger partial charge >= 0.3 is 11.8 Å². The summed E-state index contributed by atoms with van der Waals surface area (Å²) >= 11 is 0. The maximum atomic E-state index is 11.5. The lowest BCUT2D eigenvalue weighted by atomic mass is 10.2. The average molecular weight is 283 g/mol. The first-order chi connectivity index (χ1) is 9.65. The van der Waals surface area contributed by atoms with Crippen LogP contribution in [0.1, 0.15) is 45.4 Å². The molecule has 1 saturated heterocycles. The highest BCUT2D eigenvalue weighted by Gasteiger charge is 2.19. The monoisotopic (exact) mass is 283 g/mol. The SMILES string of the molecule is CCCCCNC(=O)C(=O)NCCCN1CCCC1=O. The van der Waals surface area contributed by atoms with E-state index in [0.29, 0.717) is 32.5 Å². The van der Waals surface area contributed by atoms with Crippen LogP contribution in [-0.4, -0.2) is 48.8 Å². The number of hydrogen-bond acceptors (Lipinski definition) is 3. The smallest absolute Gasteiger partial charge is 0.309 e. The van der Waals surface area contributed by atoms with Crippen LogP contribution in [0.5, 0.6) is 0 Å². The van der Waals surface area contributed by atoms with Gasteiger partial charge in [0, 0.05) is 32.6 Å². The normalized spacial score (nSPS) is 14.4. The summed E-state index contributed by atoms with van der Waals surface area (Å²) < 4.78 is 0. The fourth-order valence-corrected chi connectivity index (χ4v) is 2.15. The summed E-state index contributed by atoms with van der Waals surface area (Å²) in [6, 6.07) is 0. The Balaban J connectivity index is 2.04. The molecule has 0 atom stereocenters. The Morgan fingerprint density at radius 3 is 2.30 bits per heavy atom. The third kappa shape index (κ3) is 6.04. The molecule has 0 unspecified atom stereocenters. The van der Waals surface area contributed by atoms with Gasteiger partial charge < -0.3 is 15.5 Å². The van der Waals surface area contributed by atoms with E-state index in [1.54, 1.807) is 4.90 Å². The van der Waals surface area contributed by atoms with Crippen LogP contribution in [0.25, 0.3) is 0 Å². The van der Waals surface area contributed by atoms with Crippen molar-refractivity contribution in [3.63, 3.8) is 0 Å². The van der Waals surface area contributed by atoms with Crippen molar-refractivity contribution in [1.29, 1.82) is 0 Å². The number of likely N-dealkylation sites (tertiary alicyclic amines) is 1. The number of hydrogen-bond donors (Lipinski definition) is 2. The highest BCUT2D eigenvalue weighted by molar-refractivity contribution is 6.35. The van der Waals surface area contributed by atoms with Crippen LogP contribution in [0.15, 0.2) is 0 Å². The number of rotatable bonds is 8. The predicted octanol–water partition coefficient (Wildman–Crippen LogP) is 0.422. The summed E-state index contributed by atoms with van der Waals surface area (Å²) in [6.07, 6.45) is 5.26. The fraction of sp³-hybridized carbons (Fsp3) is 0.786. The minimum Gasteiger partial charge on any atom is -0.348 e. The van der Waals surface area contributed by atoms with Crippen molar-refractivity contribution in [1.82, 2.24) is 15.5 Å². The molecule has 0 aromatic rings. The summed E-state index contributed by atoms with van der Waals surface area (Å²) in [5, 5.41) is 5.16. The zero-order valence-corrected chi connectivity index (χ0v) is 12.2. The third-order valence-corrected chi connectivity index (χ3v) is 3.33. The second kappa shape index (κ2) is 9.34. The molecule has 20 heavy (non-hydrogen) atoms. The molecule has 0 radical (unpaired) electrons. The van der Waals surface area contributed by atoms with Gasteiger partial charge in [0.2, 0.25) is 5.91 Å². The Morgan fingerprint density at radius 2 is 1.75 bits per heavy atom. The molecule has 6 heteroatoms. The molecule has 2 N–H and O–H groups in total. The van der Waals surface area contributed by atoms with Gasteiger partial charge in [0.15, 0.2) is 0 Å². The number of nitrogens with zero attached hydrogens (tertiary/aromatic N) is 1. The van der Waals surface area contributed by atoms with Crippen molar-refractivity contribution in [3.05, 3.63) is 0 Å². The minimum atomic E-state index is -0.589. The highest BCUT2D eigenvalue weighted by atomic mass is 16.2. The van der Waals surface area contributed by atoms with Crippen molar-refractivity contribution in [2.45, 2.75) is 45.4 Å². The van der Waals surface area contributed by atoms with E-state index in [4.69, 9.17) is 0 Å². The van der Waals surface area contributed by atoms with Gasteiger partial charge in [-0.1, -0.05) is 19.8 Å². The number of amides is 3. The summed E-state index contributed by atoms with van der Waals surface area (Å²) in [5.74, 6) is -0.974. The van der Waals surface area contributed by atoms with Gasteiger partial charge in [0.05, 0.1) is 0 Å². The molecule has 1 aliphatic rings. The van der Waals surface area contributed by atoms with Crippen LogP contribution in [-0.2, 0) is 14.4 Å². The standard InChI is InChI=1S/C14H25N3O3/c1-2-3-4-8-15-13(19)14(20)16-9-6-11-17-10-5-7-12(17)18/h2-11H2,1H3,(H,15,19)(H,16,20). The van der Waals surface area contributed by atoms with E-state index < -0.39 is 11.8 Å². The van der Waals surface area contributed by atoms with Crippen LogP contribution in [0, 0.1) is 0 Å². The van der Waals surface area contributed by atoms with E-state index in [1.165, 1.54) is 0 Å². The van der Waals surface area contributed by atoms with Crippen molar-refractivity contribution in [3.8, 4) is 0 Å². The van der Waals surface area contributed by atoms with Gasteiger partial charge in [-0.05, 0) is 19.3 Å². The molecule has 0 spiro atoms. The summed E-state index contributed by atoms with van der Waals surface area (Å²) in [5.41, 5.74) is 0. The van der Waals surface area contributed by atoms with Gasteiger partial charge in [0.25, 0.3) is 0 Å². The van der Waals surface area contributed by atoms with E-state index in [9.17, 15) is 14.4 Å². The molecule has 0 aromatic carbocycles. The topological polar surface area (TPSA) is 78.5 Å². The van der Waals surface area contributed by atoms with Gasteiger partial charge in [-0.2, -0.15) is 0 Å². The van der Waals surface area contributed by atoms with Crippen LogP contribution in [0.2, 0.25) is 0 Å². The first-order valence-electron chi connectivity index (χ1n) is 7.49. The van der Waals surface area contributed by atoms with Crippen molar-refractivity contribution in [2.75, 3.05) is 26.2 Å². The van der Waals surface area contributed by atoms with E-state index in [0.717, 1.165) is 32.2 Å². The second-order valence-electron chi connectivity index (χ2n) is 5.06. The van der Waals surface area contributed by atoms with Gasteiger partial charge in [-0.15, -0.1) is 0 Å². The van der Waals surface area contributed by atoms with Crippen molar-refractivity contribution in [2.24, 2.45) is 0 Å². The predicted molar refractivity (Wildman–Crippen MR) is 76.0 cm³/mol. The molecule has 0 saturated carbocycles. The van der Waals surface area contributed by atoms with Crippen molar-refractivity contribution >= 4 is 17.7 Å². The summed E-state index contributed by atoms with van der Waals surface area (Å²) in [4.78, 5) is 36.0. The Bertz CT molecular complexity index is 345. The lowest BCUT2D eigenvalue weighted by molar-refractivity contribution is -0.139. The summed E-state index contributed by atoms with van der Waals surface area (Å²) in [6.45, 7) is 4.51. The Kier molecular flexibility index (Phi) is 7.69. The molecular formula is C14H25N3O3. The molecular weight excluding hydrogens is 258 g/mol. The lowest BCUT2D eigenvalue weighted by Gasteiger charge is -2.15. The molecule has 0 aromatic heterocycles. The zero-order chi connectivity index (χ0) is 14.8. The zero-order valence-electron chi connectivity index (χ0n) is 12.2. The molecule has 1 rings (SSSR count). The molecule has 114 valence electrons. The van der Waals surface area contributed by atoms with Crippen LogP contribution in [0.4, 0.5) is 0 Å². The summed E-state index contributed by atoms with van der Waals surface area (Å²) in [7, 11) is 0. The number of unbranched alkanes of at least 4 members (excludes halogenated alkanes) is 2. The average Bonchev–Trinajstić information content (AvgIpc) is 2.84. The molecule has 0 bridgehead atoms. The first kappa shape index (κ1) is 16.5. The molecule has 3 amide bonds. The Labute approximate surface area is 120 Å². The number of carbonyl (C=O) groups is 3. The van der Waals surface area contributed by atoms with E-state index >= 15 is 0 Å². The molecule has 0 aliphatic carbocycles. The largest absolute Gasteiger partial charge is 0.348 e.